The summed E-state index contributed by atoms with van der Waals surface area (Å²) in [5, 5.41) is 10.3. The van der Waals surface area contributed by atoms with E-state index in [1.165, 1.54) is 0 Å². The molecule has 4 heteroatoms. The molecule has 4 nitrogen and oxygen atoms in total. The van der Waals surface area contributed by atoms with Crippen molar-refractivity contribution in [2.24, 2.45) is 23.7 Å². The molecule has 1 amide bonds. The summed E-state index contributed by atoms with van der Waals surface area (Å²) in [6.07, 6.45) is 2.15. The Hall–Kier alpha value is -0.870. The van der Waals surface area contributed by atoms with Gasteiger partial charge in [0.25, 0.3) is 0 Å². The first-order valence-electron chi connectivity index (χ1n) is 7.16. The summed E-state index contributed by atoms with van der Waals surface area (Å²) < 4.78 is 6.23. The molecule has 0 aromatic heterocycles. The van der Waals surface area contributed by atoms with Gasteiger partial charge in [0.2, 0.25) is 5.91 Å². The van der Waals surface area contributed by atoms with Gasteiger partial charge in [-0.15, -0.1) is 0 Å². The first kappa shape index (κ1) is 11.9. The summed E-state index contributed by atoms with van der Waals surface area (Å²) in [4.78, 5) is 14.7. The van der Waals surface area contributed by atoms with Crippen LogP contribution in [0, 0.1) is 23.7 Å². The van der Waals surface area contributed by atoms with E-state index in [9.17, 15) is 9.90 Å². The molecule has 4 rings (SSSR count). The third kappa shape index (κ3) is 1.05. The minimum absolute atomic E-state index is 0.0732. The lowest BCUT2D eigenvalue weighted by atomic mass is 9.77. The molecule has 2 bridgehead atoms. The normalized spacial score (nSPS) is 54.3. The third-order valence-corrected chi connectivity index (χ3v) is 5.67. The SMILES string of the molecule is C=CC12OC3C(O)C4CC3C1C4C(=O)N2C(C)(C)C. The maximum Gasteiger partial charge on any atom is 0.229 e. The highest BCUT2D eigenvalue weighted by Gasteiger charge is 2.78. The van der Waals surface area contributed by atoms with Gasteiger partial charge in [-0.2, -0.15) is 0 Å². The summed E-state index contributed by atoms with van der Waals surface area (Å²) in [5.74, 6) is 0.661. The van der Waals surface area contributed by atoms with Crippen LogP contribution in [0.1, 0.15) is 27.2 Å². The van der Waals surface area contributed by atoms with Gasteiger partial charge >= 0.3 is 0 Å². The third-order valence-electron chi connectivity index (χ3n) is 5.67. The molecular weight excluding hydrogens is 242 g/mol. The zero-order chi connectivity index (χ0) is 13.7. The van der Waals surface area contributed by atoms with Gasteiger partial charge < -0.3 is 14.7 Å². The first-order valence-corrected chi connectivity index (χ1v) is 7.16. The van der Waals surface area contributed by atoms with Crippen LogP contribution in [0.3, 0.4) is 0 Å². The Morgan fingerprint density at radius 1 is 1.47 bits per heavy atom. The van der Waals surface area contributed by atoms with Crippen molar-refractivity contribution < 1.29 is 14.6 Å². The van der Waals surface area contributed by atoms with Gasteiger partial charge in [0, 0.05) is 11.5 Å². The van der Waals surface area contributed by atoms with Crippen molar-refractivity contribution in [2.45, 2.75) is 50.7 Å². The molecular formula is C15H21NO3. The minimum atomic E-state index is -0.693. The van der Waals surface area contributed by atoms with Crippen molar-refractivity contribution in [1.29, 1.82) is 0 Å². The van der Waals surface area contributed by atoms with Crippen molar-refractivity contribution in [1.82, 2.24) is 4.90 Å². The highest BCUT2D eigenvalue weighted by Crippen LogP contribution is 2.68. The number of rotatable bonds is 1. The van der Waals surface area contributed by atoms with Gasteiger partial charge in [0.1, 0.15) is 0 Å². The largest absolute Gasteiger partial charge is 0.390 e. The number of carbonyl (C=O) groups is 1. The standard InChI is InChI=1S/C15H21NO3/c1-5-15-10-8-6-7(11(17)12(8)19-15)9(10)13(18)16(15)14(2,3)4/h5,7-12,17H,1,6H2,2-4H3. The topological polar surface area (TPSA) is 49.8 Å². The number of amides is 1. The smallest absolute Gasteiger partial charge is 0.229 e. The fraction of sp³-hybridized carbons (Fsp3) is 0.800. The lowest BCUT2D eigenvalue weighted by Crippen LogP contribution is -2.57. The lowest BCUT2D eigenvalue weighted by molar-refractivity contribution is -0.178. The quantitative estimate of drug-likeness (QED) is 0.722. The van der Waals surface area contributed by atoms with E-state index in [4.69, 9.17) is 4.74 Å². The molecule has 2 heterocycles. The first-order chi connectivity index (χ1) is 8.83. The summed E-state index contributed by atoms with van der Waals surface area (Å²) in [7, 11) is 0. The van der Waals surface area contributed by atoms with Crippen molar-refractivity contribution in [3.63, 3.8) is 0 Å². The Kier molecular flexibility index (Phi) is 1.92. The summed E-state index contributed by atoms with van der Waals surface area (Å²) in [6, 6.07) is 0. The number of aliphatic hydroxyl groups is 1. The Bertz CT molecular complexity index is 482. The average Bonchev–Trinajstić information content (AvgIpc) is 2.93. The molecule has 0 radical (unpaired) electrons. The fourth-order valence-corrected chi connectivity index (χ4v) is 5.34. The predicted molar refractivity (Wildman–Crippen MR) is 69.0 cm³/mol. The van der Waals surface area contributed by atoms with E-state index < -0.39 is 11.8 Å². The Morgan fingerprint density at radius 2 is 2.16 bits per heavy atom. The second kappa shape index (κ2) is 3.07. The van der Waals surface area contributed by atoms with Crippen LogP contribution in [-0.4, -0.2) is 39.4 Å². The molecule has 1 N–H and O–H groups in total. The van der Waals surface area contributed by atoms with Crippen molar-refractivity contribution in [3.05, 3.63) is 12.7 Å². The predicted octanol–water partition coefficient (Wildman–Crippen LogP) is 1.15. The van der Waals surface area contributed by atoms with Crippen LogP contribution in [0.2, 0.25) is 0 Å². The molecule has 2 aliphatic heterocycles. The van der Waals surface area contributed by atoms with Crippen molar-refractivity contribution >= 4 is 5.91 Å². The van der Waals surface area contributed by atoms with Crippen LogP contribution >= 0.6 is 0 Å². The Balaban J connectivity index is 1.90. The van der Waals surface area contributed by atoms with Crippen LogP contribution in [-0.2, 0) is 9.53 Å². The van der Waals surface area contributed by atoms with E-state index in [0.29, 0.717) is 5.92 Å². The number of likely N-dealkylation sites (tertiary alicyclic amines) is 1. The van der Waals surface area contributed by atoms with E-state index in [-0.39, 0.29) is 35.3 Å². The van der Waals surface area contributed by atoms with Crippen LogP contribution in [0.4, 0.5) is 0 Å². The molecule has 0 aromatic rings. The maximum absolute atomic E-state index is 12.9. The molecule has 7 unspecified atom stereocenters. The van der Waals surface area contributed by atoms with E-state index in [1.807, 2.05) is 25.7 Å². The number of hydrogen-bond acceptors (Lipinski definition) is 3. The molecule has 2 saturated carbocycles. The van der Waals surface area contributed by atoms with Crippen LogP contribution < -0.4 is 0 Å². The molecule has 2 saturated heterocycles. The highest BCUT2D eigenvalue weighted by molar-refractivity contribution is 5.85. The van der Waals surface area contributed by atoms with E-state index in [0.717, 1.165) is 6.42 Å². The number of aliphatic hydroxyl groups excluding tert-OH is 1. The van der Waals surface area contributed by atoms with E-state index in [1.54, 1.807) is 6.08 Å². The van der Waals surface area contributed by atoms with E-state index in [2.05, 4.69) is 6.58 Å². The number of fused-ring (bicyclic) bond motifs is 2. The van der Waals surface area contributed by atoms with Crippen molar-refractivity contribution in [2.75, 3.05) is 0 Å². The van der Waals surface area contributed by atoms with Crippen LogP contribution in [0.15, 0.2) is 12.7 Å². The molecule has 19 heavy (non-hydrogen) atoms. The minimum Gasteiger partial charge on any atom is -0.390 e. The van der Waals surface area contributed by atoms with Gasteiger partial charge in [-0.25, -0.2) is 0 Å². The highest BCUT2D eigenvalue weighted by atomic mass is 16.6. The van der Waals surface area contributed by atoms with E-state index >= 15 is 0 Å². The second-order valence-electron chi connectivity index (χ2n) is 7.49. The van der Waals surface area contributed by atoms with Crippen LogP contribution in [0.25, 0.3) is 0 Å². The summed E-state index contributed by atoms with van der Waals surface area (Å²) >= 11 is 0. The van der Waals surface area contributed by atoms with Crippen molar-refractivity contribution in [3.8, 4) is 0 Å². The molecule has 4 aliphatic rings. The molecule has 0 spiro atoms. The Morgan fingerprint density at radius 3 is 2.74 bits per heavy atom. The van der Waals surface area contributed by atoms with Gasteiger partial charge in [-0.05, 0) is 45.1 Å². The van der Waals surface area contributed by atoms with Gasteiger partial charge in [0.15, 0.2) is 5.72 Å². The maximum atomic E-state index is 12.9. The molecule has 2 aliphatic carbocycles. The zero-order valence-corrected chi connectivity index (χ0v) is 11.7. The van der Waals surface area contributed by atoms with Gasteiger partial charge in [0.05, 0.1) is 18.1 Å². The lowest BCUT2D eigenvalue weighted by Gasteiger charge is -2.44. The Labute approximate surface area is 113 Å². The number of carbonyl (C=O) groups excluding carboxylic acids is 1. The fourth-order valence-electron chi connectivity index (χ4n) is 5.34. The number of ether oxygens (including phenoxy) is 1. The zero-order valence-electron chi connectivity index (χ0n) is 11.7. The molecule has 7 atom stereocenters. The summed E-state index contributed by atoms with van der Waals surface area (Å²) in [6.45, 7) is 10.1. The van der Waals surface area contributed by atoms with Gasteiger partial charge in [-0.3, -0.25) is 4.79 Å². The second-order valence-corrected chi connectivity index (χ2v) is 7.49. The van der Waals surface area contributed by atoms with Gasteiger partial charge in [-0.1, -0.05) is 6.58 Å². The molecule has 0 aromatic carbocycles. The van der Waals surface area contributed by atoms with Crippen LogP contribution in [0.5, 0.6) is 0 Å². The molecule has 4 fully saturated rings. The average molecular weight is 263 g/mol. The monoisotopic (exact) mass is 263 g/mol. The molecule has 104 valence electrons. The number of nitrogens with zero attached hydrogens (tertiary/aromatic N) is 1. The number of hydrogen-bond donors (Lipinski definition) is 1. The summed E-state index contributed by atoms with van der Waals surface area (Å²) in [5.41, 5.74) is -0.983.